The molecule has 2 aromatic carbocycles. The van der Waals surface area contributed by atoms with Crippen molar-refractivity contribution in [3.8, 4) is 22.8 Å². The first-order valence-electron chi connectivity index (χ1n) is 11.4. The van der Waals surface area contributed by atoms with E-state index in [2.05, 4.69) is 22.4 Å². The summed E-state index contributed by atoms with van der Waals surface area (Å²) in [6.45, 7) is 7.31. The Balaban J connectivity index is 1.57. The molecule has 7 heteroatoms. The number of rotatable bonds is 12. The molecule has 1 amide bonds. The summed E-state index contributed by atoms with van der Waals surface area (Å²) in [6, 6.07) is 13.0. The highest BCUT2D eigenvalue weighted by molar-refractivity contribution is 7.09. The molecule has 3 aromatic rings. The van der Waals surface area contributed by atoms with Gasteiger partial charge in [0.15, 0.2) is 11.5 Å². The Kier molecular flexibility index (Phi) is 9.44. The number of aromatic nitrogens is 1. The van der Waals surface area contributed by atoms with Gasteiger partial charge in [-0.2, -0.15) is 5.10 Å². The zero-order valence-electron chi connectivity index (χ0n) is 19.5. The number of benzene rings is 2. The van der Waals surface area contributed by atoms with Gasteiger partial charge in [-0.1, -0.05) is 38.3 Å². The number of carbonyl (C=O) groups is 1. The van der Waals surface area contributed by atoms with Gasteiger partial charge in [-0.15, -0.1) is 11.3 Å². The minimum Gasteiger partial charge on any atom is -0.490 e. The van der Waals surface area contributed by atoms with Crippen molar-refractivity contribution in [2.45, 2.75) is 46.5 Å². The van der Waals surface area contributed by atoms with Crippen molar-refractivity contribution in [3.05, 3.63) is 64.0 Å². The number of nitrogens with zero attached hydrogens (tertiary/aromatic N) is 2. The van der Waals surface area contributed by atoms with Gasteiger partial charge in [0.05, 0.1) is 30.1 Å². The second kappa shape index (κ2) is 12.7. The van der Waals surface area contributed by atoms with Crippen LogP contribution in [0.25, 0.3) is 11.3 Å². The summed E-state index contributed by atoms with van der Waals surface area (Å²) in [6.07, 6.45) is 6.21. The maximum Gasteiger partial charge on any atom is 0.271 e. The van der Waals surface area contributed by atoms with Crippen molar-refractivity contribution in [2.24, 2.45) is 5.10 Å². The molecule has 0 aliphatic heterocycles. The second-order valence-corrected chi connectivity index (χ2v) is 8.64. The van der Waals surface area contributed by atoms with Crippen molar-refractivity contribution >= 4 is 23.5 Å². The van der Waals surface area contributed by atoms with Gasteiger partial charge >= 0.3 is 0 Å². The standard InChI is InChI=1S/C26H31N3O3S/c1-4-6-7-8-15-32-24-14-9-20(16-25(24)31-5-2)17-27-29-26(30)22-12-10-21(11-13-22)23-18-33-19(3)28-23/h9-14,16-18H,4-8,15H2,1-3H3,(H,29,30)/b27-17+. The zero-order chi connectivity index (χ0) is 23.5. The van der Waals surface area contributed by atoms with E-state index in [1.165, 1.54) is 12.8 Å². The van der Waals surface area contributed by atoms with E-state index in [0.717, 1.165) is 40.4 Å². The van der Waals surface area contributed by atoms with Crippen LogP contribution in [0.3, 0.4) is 0 Å². The van der Waals surface area contributed by atoms with Crippen LogP contribution >= 0.6 is 11.3 Å². The number of carbonyl (C=O) groups excluding carboxylic acids is 1. The monoisotopic (exact) mass is 465 g/mol. The van der Waals surface area contributed by atoms with Gasteiger partial charge in [-0.25, -0.2) is 10.4 Å². The quantitative estimate of drug-likeness (QED) is 0.195. The van der Waals surface area contributed by atoms with E-state index < -0.39 is 0 Å². The lowest BCUT2D eigenvalue weighted by molar-refractivity contribution is 0.0955. The average molecular weight is 466 g/mol. The van der Waals surface area contributed by atoms with Crippen molar-refractivity contribution in [3.63, 3.8) is 0 Å². The summed E-state index contributed by atoms with van der Waals surface area (Å²) < 4.78 is 11.6. The molecule has 0 radical (unpaired) electrons. The molecule has 0 aliphatic rings. The molecule has 0 spiro atoms. The number of ether oxygens (including phenoxy) is 2. The van der Waals surface area contributed by atoms with Gasteiger partial charge in [-0.05, 0) is 56.2 Å². The molecule has 1 aromatic heterocycles. The summed E-state index contributed by atoms with van der Waals surface area (Å²) in [5.74, 6) is 1.13. The van der Waals surface area contributed by atoms with Crippen LogP contribution < -0.4 is 14.9 Å². The minimum absolute atomic E-state index is 0.274. The number of aryl methyl sites for hydroxylation is 1. The van der Waals surface area contributed by atoms with Crippen LogP contribution in [-0.2, 0) is 0 Å². The predicted molar refractivity (Wildman–Crippen MR) is 135 cm³/mol. The maximum atomic E-state index is 12.4. The molecular formula is C26H31N3O3S. The van der Waals surface area contributed by atoms with Gasteiger partial charge in [0.1, 0.15) is 0 Å². The highest BCUT2D eigenvalue weighted by atomic mass is 32.1. The lowest BCUT2D eigenvalue weighted by atomic mass is 10.1. The number of hydrogen-bond acceptors (Lipinski definition) is 6. The number of amides is 1. The fourth-order valence-corrected chi connectivity index (χ4v) is 3.84. The van der Waals surface area contributed by atoms with Gasteiger partial charge in [0, 0.05) is 16.5 Å². The molecule has 0 aliphatic carbocycles. The van der Waals surface area contributed by atoms with E-state index in [4.69, 9.17) is 9.47 Å². The molecule has 1 heterocycles. The lowest BCUT2D eigenvalue weighted by Gasteiger charge is -2.12. The predicted octanol–water partition coefficient (Wildman–Crippen LogP) is 6.24. The third-order valence-corrected chi connectivity index (χ3v) is 5.74. The van der Waals surface area contributed by atoms with E-state index >= 15 is 0 Å². The van der Waals surface area contributed by atoms with Crippen LogP contribution in [0.15, 0.2) is 52.9 Å². The Bertz CT molecular complexity index is 1060. The Morgan fingerprint density at radius 2 is 1.88 bits per heavy atom. The first-order chi connectivity index (χ1) is 16.1. The van der Waals surface area contributed by atoms with E-state index in [0.29, 0.717) is 24.5 Å². The van der Waals surface area contributed by atoms with Crippen molar-refractivity contribution in [1.29, 1.82) is 0 Å². The molecule has 33 heavy (non-hydrogen) atoms. The Morgan fingerprint density at radius 3 is 2.58 bits per heavy atom. The van der Waals surface area contributed by atoms with Crippen molar-refractivity contribution < 1.29 is 14.3 Å². The Labute approximate surface area is 199 Å². The summed E-state index contributed by atoms with van der Waals surface area (Å²) in [4.78, 5) is 16.9. The number of nitrogens with one attached hydrogen (secondary N) is 1. The summed E-state index contributed by atoms with van der Waals surface area (Å²) in [5.41, 5.74) is 5.82. The molecule has 3 rings (SSSR count). The third-order valence-electron chi connectivity index (χ3n) is 4.96. The van der Waals surface area contributed by atoms with Crippen LogP contribution in [0.4, 0.5) is 0 Å². The molecule has 174 valence electrons. The first kappa shape index (κ1) is 24.5. The molecule has 1 N–H and O–H groups in total. The minimum atomic E-state index is -0.274. The Morgan fingerprint density at radius 1 is 1.06 bits per heavy atom. The maximum absolute atomic E-state index is 12.4. The van der Waals surface area contributed by atoms with Crippen molar-refractivity contribution in [2.75, 3.05) is 13.2 Å². The molecule has 6 nitrogen and oxygen atoms in total. The molecule has 0 fully saturated rings. The van der Waals surface area contributed by atoms with Crippen LogP contribution in [-0.4, -0.2) is 30.3 Å². The van der Waals surface area contributed by atoms with Crippen LogP contribution in [0, 0.1) is 6.92 Å². The molecule has 0 bridgehead atoms. The Hall–Kier alpha value is -3.19. The smallest absolute Gasteiger partial charge is 0.271 e. The van der Waals surface area contributed by atoms with Gasteiger partial charge in [-0.3, -0.25) is 4.79 Å². The molecular weight excluding hydrogens is 434 g/mol. The van der Waals surface area contributed by atoms with Gasteiger partial charge < -0.3 is 9.47 Å². The highest BCUT2D eigenvalue weighted by Crippen LogP contribution is 2.28. The lowest BCUT2D eigenvalue weighted by Crippen LogP contribution is -2.17. The fourth-order valence-electron chi connectivity index (χ4n) is 3.22. The zero-order valence-corrected chi connectivity index (χ0v) is 20.3. The summed E-state index contributed by atoms with van der Waals surface area (Å²) in [5, 5.41) is 7.12. The fraction of sp³-hybridized carbons (Fsp3) is 0.346. The second-order valence-electron chi connectivity index (χ2n) is 7.58. The largest absolute Gasteiger partial charge is 0.490 e. The van der Waals surface area contributed by atoms with Crippen LogP contribution in [0.2, 0.25) is 0 Å². The molecule has 0 unspecified atom stereocenters. The van der Waals surface area contributed by atoms with Crippen molar-refractivity contribution in [1.82, 2.24) is 10.4 Å². The first-order valence-corrected chi connectivity index (χ1v) is 12.2. The van der Waals surface area contributed by atoms with E-state index in [9.17, 15) is 4.79 Å². The number of hydrogen-bond donors (Lipinski definition) is 1. The van der Waals surface area contributed by atoms with E-state index in [-0.39, 0.29) is 5.91 Å². The van der Waals surface area contributed by atoms with Gasteiger partial charge in [0.25, 0.3) is 5.91 Å². The third kappa shape index (κ3) is 7.43. The summed E-state index contributed by atoms with van der Waals surface area (Å²) >= 11 is 1.60. The average Bonchev–Trinajstić information content (AvgIpc) is 3.26. The SMILES string of the molecule is CCCCCCOc1ccc(/C=N/NC(=O)c2ccc(-c3csc(C)n3)cc2)cc1OCC. The highest BCUT2D eigenvalue weighted by Gasteiger charge is 2.08. The van der Waals surface area contributed by atoms with E-state index in [1.54, 1.807) is 29.7 Å². The topological polar surface area (TPSA) is 72.8 Å². The van der Waals surface area contributed by atoms with Gasteiger partial charge in [0.2, 0.25) is 0 Å². The molecule has 0 atom stereocenters. The molecule has 0 saturated heterocycles. The number of unbranched alkanes of at least 4 members (excludes halogenated alkanes) is 3. The number of hydrazone groups is 1. The summed E-state index contributed by atoms with van der Waals surface area (Å²) in [7, 11) is 0. The molecule has 0 saturated carbocycles. The normalized spacial score (nSPS) is 11.0. The number of thiazole rings is 1. The van der Waals surface area contributed by atoms with Crippen LogP contribution in [0.1, 0.15) is 60.5 Å². The van der Waals surface area contributed by atoms with E-state index in [1.807, 2.05) is 49.6 Å². The van der Waals surface area contributed by atoms with Crippen LogP contribution in [0.5, 0.6) is 11.5 Å².